The van der Waals surface area contributed by atoms with Gasteiger partial charge in [-0.3, -0.25) is 9.78 Å². The van der Waals surface area contributed by atoms with Gasteiger partial charge in [0.25, 0.3) is 6.43 Å². The highest BCUT2D eigenvalue weighted by atomic mass is 79.9. The molecule has 1 aromatic heterocycles. The zero-order valence-corrected chi connectivity index (χ0v) is 9.52. The first-order valence-corrected chi connectivity index (χ1v) is 4.93. The standard InChI is InChI=1S/C8H5BrClF2NO2/c9-4-2-13-7(8(11)12)6(10)3(4)1-5(14)15/h2,8H,1H2,(H,14,15). The van der Waals surface area contributed by atoms with Gasteiger partial charge >= 0.3 is 5.97 Å². The van der Waals surface area contributed by atoms with Gasteiger partial charge in [0.1, 0.15) is 5.69 Å². The summed E-state index contributed by atoms with van der Waals surface area (Å²) in [5.74, 6) is -1.15. The number of aromatic nitrogens is 1. The number of alkyl halides is 2. The molecule has 7 heteroatoms. The molecule has 0 atom stereocenters. The van der Waals surface area contributed by atoms with Gasteiger partial charge in [0.05, 0.1) is 11.4 Å². The first kappa shape index (κ1) is 12.3. The van der Waals surface area contributed by atoms with Gasteiger partial charge in [0, 0.05) is 10.7 Å². The normalized spacial score (nSPS) is 10.7. The fourth-order valence-corrected chi connectivity index (χ4v) is 1.84. The molecule has 0 fully saturated rings. The van der Waals surface area contributed by atoms with Crippen LogP contribution in [0.4, 0.5) is 8.78 Å². The van der Waals surface area contributed by atoms with E-state index in [2.05, 4.69) is 20.9 Å². The molecule has 0 spiro atoms. The van der Waals surface area contributed by atoms with Crippen LogP contribution in [0, 0.1) is 0 Å². The van der Waals surface area contributed by atoms with Crippen molar-refractivity contribution in [2.45, 2.75) is 12.8 Å². The third-order valence-corrected chi connectivity index (χ3v) is 2.73. The van der Waals surface area contributed by atoms with Crippen molar-refractivity contribution < 1.29 is 18.7 Å². The van der Waals surface area contributed by atoms with Crippen molar-refractivity contribution in [1.29, 1.82) is 0 Å². The van der Waals surface area contributed by atoms with Crippen LogP contribution >= 0.6 is 27.5 Å². The van der Waals surface area contributed by atoms with Crippen LogP contribution in [0.5, 0.6) is 0 Å². The van der Waals surface area contributed by atoms with Gasteiger partial charge in [-0.25, -0.2) is 8.78 Å². The van der Waals surface area contributed by atoms with Gasteiger partial charge in [-0.1, -0.05) is 11.6 Å². The Labute approximate surface area is 97.2 Å². The maximum atomic E-state index is 12.4. The van der Waals surface area contributed by atoms with Gasteiger partial charge in [-0.05, 0) is 21.5 Å². The molecule has 1 N–H and O–H groups in total. The third-order valence-electron chi connectivity index (χ3n) is 1.63. The second-order valence-electron chi connectivity index (χ2n) is 2.66. The minimum atomic E-state index is -2.82. The van der Waals surface area contributed by atoms with Crippen LogP contribution in [0.15, 0.2) is 10.7 Å². The maximum Gasteiger partial charge on any atom is 0.307 e. The number of carboxylic acid groups (broad SMARTS) is 1. The fourth-order valence-electron chi connectivity index (χ4n) is 0.986. The number of halogens is 4. The fraction of sp³-hybridized carbons (Fsp3) is 0.250. The van der Waals surface area contributed by atoms with Crippen molar-refractivity contribution in [3.63, 3.8) is 0 Å². The quantitative estimate of drug-likeness (QED) is 0.933. The number of pyridine rings is 1. The van der Waals surface area contributed by atoms with Gasteiger partial charge in [-0.15, -0.1) is 0 Å². The molecule has 1 rings (SSSR count). The number of hydrogen-bond donors (Lipinski definition) is 1. The van der Waals surface area contributed by atoms with Crippen LogP contribution in [0.1, 0.15) is 17.7 Å². The Morgan fingerprint density at radius 2 is 2.27 bits per heavy atom. The second kappa shape index (κ2) is 4.85. The second-order valence-corrected chi connectivity index (χ2v) is 3.89. The molecule has 0 aromatic carbocycles. The number of aliphatic carboxylic acids is 1. The molecule has 1 heterocycles. The van der Waals surface area contributed by atoms with E-state index in [1.165, 1.54) is 0 Å². The summed E-state index contributed by atoms with van der Waals surface area (Å²) in [6.45, 7) is 0. The summed E-state index contributed by atoms with van der Waals surface area (Å²) >= 11 is 8.62. The van der Waals surface area contributed by atoms with E-state index in [0.29, 0.717) is 4.47 Å². The Morgan fingerprint density at radius 3 is 2.73 bits per heavy atom. The maximum absolute atomic E-state index is 12.4. The highest BCUT2D eigenvalue weighted by molar-refractivity contribution is 9.10. The molecule has 82 valence electrons. The van der Waals surface area contributed by atoms with E-state index in [9.17, 15) is 13.6 Å². The highest BCUT2D eigenvalue weighted by Gasteiger charge is 2.20. The Morgan fingerprint density at radius 1 is 1.67 bits per heavy atom. The van der Waals surface area contributed by atoms with E-state index in [4.69, 9.17) is 16.7 Å². The lowest BCUT2D eigenvalue weighted by atomic mass is 10.1. The summed E-state index contributed by atoms with van der Waals surface area (Å²) in [6, 6.07) is 0. The molecule has 1 aromatic rings. The van der Waals surface area contributed by atoms with Crippen LogP contribution in [0.2, 0.25) is 5.02 Å². The van der Waals surface area contributed by atoms with Crippen molar-refractivity contribution in [2.24, 2.45) is 0 Å². The summed E-state index contributed by atoms with van der Waals surface area (Å²) < 4.78 is 25.0. The van der Waals surface area contributed by atoms with E-state index in [1.807, 2.05) is 0 Å². The molecule has 0 unspecified atom stereocenters. The van der Waals surface area contributed by atoms with Crippen molar-refractivity contribution in [1.82, 2.24) is 4.98 Å². The topological polar surface area (TPSA) is 50.2 Å². The van der Waals surface area contributed by atoms with E-state index >= 15 is 0 Å². The summed E-state index contributed by atoms with van der Waals surface area (Å²) in [4.78, 5) is 13.9. The minimum Gasteiger partial charge on any atom is -0.481 e. The molecule has 0 aliphatic rings. The zero-order valence-electron chi connectivity index (χ0n) is 7.18. The van der Waals surface area contributed by atoms with Gasteiger partial charge in [-0.2, -0.15) is 0 Å². The molecule has 15 heavy (non-hydrogen) atoms. The van der Waals surface area contributed by atoms with Crippen molar-refractivity contribution in [3.05, 3.63) is 26.9 Å². The Balaban J connectivity index is 3.23. The first-order valence-electron chi connectivity index (χ1n) is 3.76. The van der Waals surface area contributed by atoms with Crippen LogP contribution in [-0.2, 0) is 11.2 Å². The van der Waals surface area contributed by atoms with E-state index < -0.39 is 24.5 Å². The van der Waals surface area contributed by atoms with Crippen LogP contribution in [0.25, 0.3) is 0 Å². The third kappa shape index (κ3) is 2.85. The van der Waals surface area contributed by atoms with E-state index in [1.54, 1.807) is 0 Å². The molecular weight excluding hydrogens is 295 g/mol. The number of hydrogen-bond acceptors (Lipinski definition) is 2. The summed E-state index contributed by atoms with van der Waals surface area (Å²) in [5.41, 5.74) is -0.495. The molecule has 3 nitrogen and oxygen atoms in total. The monoisotopic (exact) mass is 299 g/mol. The molecule has 0 saturated carbocycles. The van der Waals surface area contributed by atoms with Crippen LogP contribution < -0.4 is 0 Å². The van der Waals surface area contributed by atoms with Crippen LogP contribution in [0.3, 0.4) is 0 Å². The smallest absolute Gasteiger partial charge is 0.307 e. The lowest BCUT2D eigenvalue weighted by Gasteiger charge is -2.08. The molecule has 0 aliphatic heterocycles. The lowest BCUT2D eigenvalue weighted by Crippen LogP contribution is -2.04. The summed E-state index contributed by atoms with van der Waals surface area (Å²) in [5, 5.41) is 8.25. The molecule has 0 radical (unpaired) electrons. The van der Waals surface area contributed by atoms with Crippen molar-refractivity contribution in [3.8, 4) is 0 Å². The first-order chi connectivity index (χ1) is 6.93. The predicted molar refractivity (Wildman–Crippen MR) is 53.2 cm³/mol. The van der Waals surface area contributed by atoms with Gasteiger partial charge in [0.2, 0.25) is 0 Å². The van der Waals surface area contributed by atoms with Crippen molar-refractivity contribution >= 4 is 33.5 Å². The van der Waals surface area contributed by atoms with Crippen molar-refractivity contribution in [2.75, 3.05) is 0 Å². The number of nitrogens with zero attached hydrogens (tertiary/aromatic N) is 1. The predicted octanol–water partition coefficient (Wildman–Crippen LogP) is 3.06. The molecule has 0 bridgehead atoms. The molecule has 0 aliphatic carbocycles. The molecular formula is C8H5BrClF2NO2. The van der Waals surface area contributed by atoms with E-state index in [-0.39, 0.29) is 10.6 Å². The summed E-state index contributed by atoms with van der Waals surface area (Å²) in [6.07, 6.45) is -2.13. The number of carboxylic acids is 1. The zero-order chi connectivity index (χ0) is 11.6. The van der Waals surface area contributed by atoms with E-state index in [0.717, 1.165) is 6.20 Å². The molecule has 0 amide bonds. The lowest BCUT2D eigenvalue weighted by molar-refractivity contribution is -0.136. The average molecular weight is 300 g/mol. The van der Waals surface area contributed by atoms with Gasteiger partial charge in [0.15, 0.2) is 0 Å². The minimum absolute atomic E-state index is 0.106. The largest absolute Gasteiger partial charge is 0.481 e. The van der Waals surface area contributed by atoms with Gasteiger partial charge < -0.3 is 5.11 Å². The Kier molecular flexibility index (Phi) is 3.98. The van der Waals surface area contributed by atoms with Crippen LogP contribution in [-0.4, -0.2) is 16.1 Å². The summed E-state index contributed by atoms with van der Waals surface area (Å²) in [7, 11) is 0. The Bertz CT molecular complexity index is 400. The average Bonchev–Trinajstić information content (AvgIpc) is 2.11. The highest BCUT2D eigenvalue weighted by Crippen LogP contribution is 2.32. The SMILES string of the molecule is O=C(O)Cc1c(Br)cnc(C(F)F)c1Cl. The number of carbonyl (C=O) groups is 1. The Hall–Kier alpha value is -0.750. The number of rotatable bonds is 3. The molecule has 0 saturated heterocycles.